The third-order valence-corrected chi connectivity index (χ3v) is 4.07. The van der Waals surface area contributed by atoms with Crippen LogP contribution in [0.15, 0.2) is 30.3 Å². The normalized spacial score (nSPS) is 18.1. The quantitative estimate of drug-likeness (QED) is 0.881. The third kappa shape index (κ3) is 1.88. The van der Waals surface area contributed by atoms with Gasteiger partial charge in [0.2, 0.25) is 0 Å². The summed E-state index contributed by atoms with van der Waals surface area (Å²) in [6, 6.07) is 8.81. The number of aryl methyl sites for hydroxylation is 1. The highest BCUT2D eigenvalue weighted by Crippen LogP contribution is 2.36. The molecular formula is C16H17NO3. The van der Waals surface area contributed by atoms with Gasteiger partial charge < -0.3 is 15.1 Å². The molecule has 0 fully saturated rings. The average molecular weight is 271 g/mol. The summed E-state index contributed by atoms with van der Waals surface area (Å²) in [6.07, 6.45) is 1.38. The molecule has 1 aliphatic heterocycles. The lowest BCUT2D eigenvalue weighted by Gasteiger charge is -2.36. The highest BCUT2D eigenvalue weighted by atomic mass is 16.4. The van der Waals surface area contributed by atoms with Crippen LogP contribution in [0.3, 0.4) is 0 Å². The Hall–Kier alpha value is -2.23. The SMILES string of the molecule is CCN1c2ccc3cc(O)ccc3c2CCC1C(=O)O. The fraction of sp³-hybridized carbons (Fsp3) is 0.312. The average Bonchev–Trinajstić information content (AvgIpc) is 2.44. The van der Waals surface area contributed by atoms with Crippen LogP contribution in [0.2, 0.25) is 0 Å². The Bertz CT molecular complexity index is 681. The van der Waals surface area contributed by atoms with Crippen molar-refractivity contribution in [3.8, 4) is 5.75 Å². The molecule has 20 heavy (non-hydrogen) atoms. The molecule has 3 rings (SSSR count). The van der Waals surface area contributed by atoms with Gasteiger partial charge in [-0.25, -0.2) is 4.79 Å². The van der Waals surface area contributed by atoms with E-state index >= 15 is 0 Å². The molecule has 0 spiro atoms. The first-order valence-electron chi connectivity index (χ1n) is 6.86. The second kappa shape index (κ2) is 4.71. The van der Waals surface area contributed by atoms with E-state index in [2.05, 4.69) is 0 Å². The minimum atomic E-state index is -0.761. The van der Waals surface area contributed by atoms with Crippen LogP contribution in [0.4, 0.5) is 5.69 Å². The maximum Gasteiger partial charge on any atom is 0.326 e. The number of carbonyl (C=O) groups is 1. The minimum absolute atomic E-state index is 0.254. The van der Waals surface area contributed by atoms with Gasteiger partial charge in [0.25, 0.3) is 0 Å². The maximum atomic E-state index is 11.4. The molecule has 4 nitrogen and oxygen atoms in total. The van der Waals surface area contributed by atoms with Crippen LogP contribution in [0.5, 0.6) is 5.75 Å². The molecule has 104 valence electrons. The molecule has 1 aliphatic rings. The zero-order chi connectivity index (χ0) is 14.3. The predicted octanol–water partition coefficient (Wildman–Crippen LogP) is 2.77. The van der Waals surface area contributed by atoms with Gasteiger partial charge in [-0.1, -0.05) is 12.1 Å². The van der Waals surface area contributed by atoms with Gasteiger partial charge >= 0.3 is 5.97 Å². The number of carboxylic acid groups (broad SMARTS) is 1. The third-order valence-electron chi connectivity index (χ3n) is 4.07. The van der Waals surface area contributed by atoms with Crippen molar-refractivity contribution in [2.24, 2.45) is 0 Å². The molecule has 0 radical (unpaired) electrons. The summed E-state index contributed by atoms with van der Waals surface area (Å²) in [7, 11) is 0. The molecule has 0 saturated heterocycles. The number of likely N-dealkylation sites (N-methyl/N-ethyl adjacent to an activating group) is 1. The lowest BCUT2D eigenvalue weighted by Crippen LogP contribution is -2.44. The van der Waals surface area contributed by atoms with E-state index in [1.54, 1.807) is 12.1 Å². The van der Waals surface area contributed by atoms with Crippen molar-refractivity contribution in [3.63, 3.8) is 0 Å². The van der Waals surface area contributed by atoms with E-state index in [-0.39, 0.29) is 5.75 Å². The van der Waals surface area contributed by atoms with E-state index < -0.39 is 12.0 Å². The molecule has 0 aliphatic carbocycles. The largest absolute Gasteiger partial charge is 0.508 e. The van der Waals surface area contributed by atoms with E-state index in [0.29, 0.717) is 13.0 Å². The van der Waals surface area contributed by atoms with E-state index in [1.807, 2.05) is 30.0 Å². The summed E-state index contributed by atoms with van der Waals surface area (Å²) < 4.78 is 0. The Morgan fingerprint density at radius 2 is 2.15 bits per heavy atom. The summed E-state index contributed by atoms with van der Waals surface area (Å²) in [5.74, 6) is -0.507. The highest BCUT2D eigenvalue weighted by molar-refractivity contribution is 5.93. The fourth-order valence-corrected chi connectivity index (χ4v) is 3.15. The van der Waals surface area contributed by atoms with Crippen molar-refractivity contribution in [3.05, 3.63) is 35.9 Å². The van der Waals surface area contributed by atoms with Crippen molar-refractivity contribution in [1.29, 1.82) is 0 Å². The number of nitrogens with zero attached hydrogens (tertiary/aromatic N) is 1. The highest BCUT2D eigenvalue weighted by Gasteiger charge is 2.31. The van der Waals surface area contributed by atoms with Gasteiger partial charge in [-0.15, -0.1) is 0 Å². The standard InChI is InChI=1S/C16H17NO3/c1-2-17-14-7-3-10-9-11(18)4-5-12(10)13(14)6-8-15(17)16(19)20/h3-5,7,9,15,18H,2,6,8H2,1H3,(H,19,20). The van der Waals surface area contributed by atoms with Crippen LogP contribution in [0, 0.1) is 0 Å². The van der Waals surface area contributed by atoms with Crippen molar-refractivity contribution in [2.75, 3.05) is 11.4 Å². The van der Waals surface area contributed by atoms with Crippen LogP contribution in [0.1, 0.15) is 18.9 Å². The Kier molecular flexibility index (Phi) is 3.01. The molecule has 0 bridgehead atoms. The van der Waals surface area contributed by atoms with E-state index in [0.717, 1.165) is 22.9 Å². The Morgan fingerprint density at radius 3 is 2.85 bits per heavy atom. The van der Waals surface area contributed by atoms with Crippen LogP contribution < -0.4 is 4.90 Å². The second-order valence-corrected chi connectivity index (χ2v) is 5.15. The fourth-order valence-electron chi connectivity index (χ4n) is 3.15. The maximum absolute atomic E-state index is 11.4. The zero-order valence-electron chi connectivity index (χ0n) is 11.3. The Labute approximate surface area is 117 Å². The van der Waals surface area contributed by atoms with Crippen molar-refractivity contribution < 1.29 is 15.0 Å². The lowest BCUT2D eigenvalue weighted by molar-refractivity contribution is -0.138. The molecule has 0 saturated carbocycles. The number of aliphatic carboxylic acids is 1. The number of anilines is 1. The number of hydrogen-bond donors (Lipinski definition) is 2. The molecule has 2 aromatic carbocycles. The number of aromatic hydroxyl groups is 1. The van der Waals surface area contributed by atoms with E-state index in [4.69, 9.17) is 0 Å². The summed E-state index contributed by atoms with van der Waals surface area (Å²) in [5.41, 5.74) is 2.19. The minimum Gasteiger partial charge on any atom is -0.508 e. The summed E-state index contributed by atoms with van der Waals surface area (Å²) >= 11 is 0. The molecule has 4 heteroatoms. The van der Waals surface area contributed by atoms with Crippen LogP contribution in [-0.2, 0) is 11.2 Å². The molecular weight excluding hydrogens is 254 g/mol. The van der Waals surface area contributed by atoms with E-state index in [1.165, 1.54) is 5.56 Å². The van der Waals surface area contributed by atoms with Crippen molar-refractivity contribution in [1.82, 2.24) is 0 Å². The molecule has 1 heterocycles. The van der Waals surface area contributed by atoms with Gasteiger partial charge in [-0.3, -0.25) is 0 Å². The predicted molar refractivity (Wildman–Crippen MR) is 78.4 cm³/mol. The zero-order valence-corrected chi connectivity index (χ0v) is 11.3. The van der Waals surface area contributed by atoms with Crippen LogP contribution in [-0.4, -0.2) is 28.8 Å². The summed E-state index contributed by atoms with van der Waals surface area (Å²) in [6.45, 7) is 2.65. The molecule has 1 unspecified atom stereocenters. The van der Waals surface area contributed by atoms with Gasteiger partial charge in [0.1, 0.15) is 11.8 Å². The van der Waals surface area contributed by atoms with Crippen LogP contribution in [0.25, 0.3) is 10.8 Å². The first-order chi connectivity index (χ1) is 9.61. The van der Waals surface area contributed by atoms with E-state index in [9.17, 15) is 15.0 Å². The number of phenols is 1. The lowest BCUT2D eigenvalue weighted by atomic mass is 9.91. The summed E-state index contributed by atoms with van der Waals surface area (Å²) in [4.78, 5) is 13.3. The summed E-state index contributed by atoms with van der Waals surface area (Å²) in [5, 5.41) is 21.0. The monoisotopic (exact) mass is 271 g/mol. The first-order valence-corrected chi connectivity index (χ1v) is 6.86. The number of benzene rings is 2. The van der Waals surface area contributed by atoms with Crippen molar-refractivity contribution in [2.45, 2.75) is 25.8 Å². The molecule has 2 aromatic rings. The van der Waals surface area contributed by atoms with Gasteiger partial charge in [-0.05, 0) is 54.3 Å². The number of phenolic OH excluding ortho intramolecular Hbond substituents is 1. The topological polar surface area (TPSA) is 60.8 Å². The van der Waals surface area contributed by atoms with Crippen LogP contribution >= 0.6 is 0 Å². The number of hydrogen-bond acceptors (Lipinski definition) is 3. The van der Waals surface area contributed by atoms with Gasteiger partial charge in [0.05, 0.1) is 0 Å². The number of fused-ring (bicyclic) bond motifs is 3. The second-order valence-electron chi connectivity index (χ2n) is 5.15. The number of rotatable bonds is 2. The molecule has 0 amide bonds. The Morgan fingerprint density at radius 1 is 1.35 bits per heavy atom. The molecule has 1 atom stereocenters. The van der Waals surface area contributed by atoms with Gasteiger partial charge in [0, 0.05) is 12.2 Å². The molecule has 2 N–H and O–H groups in total. The molecule has 0 aromatic heterocycles. The van der Waals surface area contributed by atoms with Gasteiger partial charge in [-0.2, -0.15) is 0 Å². The van der Waals surface area contributed by atoms with Gasteiger partial charge in [0.15, 0.2) is 0 Å². The van der Waals surface area contributed by atoms with Crippen molar-refractivity contribution >= 4 is 22.4 Å². The smallest absolute Gasteiger partial charge is 0.326 e. The Balaban J connectivity index is 2.18. The number of carboxylic acids is 1. The first kappa shape index (κ1) is 12.8.